The van der Waals surface area contributed by atoms with Gasteiger partial charge in [0.2, 0.25) is 5.82 Å². The van der Waals surface area contributed by atoms with Crippen molar-refractivity contribution in [3.63, 3.8) is 0 Å². The molecule has 2 N–H and O–H groups in total. The predicted molar refractivity (Wildman–Crippen MR) is 63.6 cm³/mol. The van der Waals surface area contributed by atoms with Crippen LogP contribution in [0.2, 0.25) is 0 Å². The quantitative estimate of drug-likeness (QED) is 0.805. The number of H-pyrrole nitrogens is 1. The van der Waals surface area contributed by atoms with E-state index in [1.807, 2.05) is 18.7 Å². The summed E-state index contributed by atoms with van der Waals surface area (Å²) in [5.74, 6) is 0.807. The topological polar surface area (TPSA) is 70.7 Å². The second-order valence-electron chi connectivity index (χ2n) is 4.03. The van der Waals surface area contributed by atoms with E-state index in [1.54, 1.807) is 0 Å². The highest BCUT2D eigenvalue weighted by molar-refractivity contribution is 8.00. The molecule has 5 nitrogen and oxygen atoms in total. The van der Waals surface area contributed by atoms with Crippen LogP contribution >= 0.6 is 11.8 Å². The number of thioether (sulfide) groups is 1. The Morgan fingerprint density at radius 3 is 2.88 bits per heavy atom. The minimum absolute atomic E-state index is 0.184. The summed E-state index contributed by atoms with van der Waals surface area (Å²) in [5.41, 5.74) is 0. The maximum absolute atomic E-state index is 11.7. The first-order valence-corrected chi connectivity index (χ1v) is 6.66. The third-order valence-electron chi connectivity index (χ3n) is 2.88. The number of nitrogens with zero attached hydrogens (tertiary/aromatic N) is 2. The monoisotopic (exact) mass is 240 g/mol. The fraction of sp³-hybridized carbons (Fsp3) is 0.700. The Morgan fingerprint density at radius 1 is 1.62 bits per heavy atom. The van der Waals surface area contributed by atoms with E-state index >= 15 is 0 Å². The summed E-state index contributed by atoms with van der Waals surface area (Å²) in [5, 5.41) is 9.50. The highest BCUT2D eigenvalue weighted by Crippen LogP contribution is 2.46. The molecule has 1 aliphatic carbocycles. The Hall–Kier alpha value is -1.04. The molecule has 1 saturated carbocycles. The largest absolute Gasteiger partial charge is 0.348 e. The summed E-state index contributed by atoms with van der Waals surface area (Å²) in [6, 6.07) is 0. The van der Waals surface area contributed by atoms with Crippen LogP contribution in [-0.2, 0) is 6.42 Å². The number of aryl methyl sites for hydroxylation is 1. The molecule has 0 bridgehead atoms. The molecule has 0 saturated heterocycles. The maximum atomic E-state index is 11.7. The third-order valence-corrected chi connectivity index (χ3v) is 4.30. The normalized spacial score (nSPS) is 17.1. The summed E-state index contributed by atoms with van der Waals surface area (Å²) in [6.45, 7) is 2.68. The molecule has 16 heavy (non-hydrogen) atoms. The Morgan fingerprint density at radius 2 is 2.38 bits per heavy atom. The molecule has 1 heterocycles. The van der Waals surface area contributed by atoms with Crippen LogP contribution in [0.5, 0.6) is 0 Å². The fourth-order valence-corrected chi connectivity index (χ4v) is 2.19. The molecule has 1 aromatic rings. The summed E-state index contributed by atoms with van der Waals surface area (Å²) >= 11 is 1.82. The van der Waals surface area contributed by atoms with E-state index in [9.17, 15) is 4.79 Å². The van der Waals surface area contributed by atoms with Crippen molar-refractivity contribution in [1.29, 1.82) is 0 Å². The zero-order valence-corrected chi connectivity index (χ0v) is 10.4. The molecular formula is C10H16N4OS. The molecule has 1 fully saturated rings. The summed E-state index contributed by atoms with van der Waals surface area (Å²) < 4.78 is 0.277. The molecule has 0 atom stereocenters. The highest BCUT2D eigenvalue weighted by Gasteiger charge is 2.42. The summed E-state index contributed by atoms with van der Waals surface area (Å²) in [4.78, 5) is 15.8. The van der Waals surface area contributed by atoms with Gasteiger partial charge in [0.25, 0.3) is 5.91 Å². The number of hydrogen-bond acceptors (Lipinski definition) is 4. The van der Waals surface area contributed by atoms with E-state index < -0.39 is 0 Å². The van der Waals surface area contributed by atoms with E-state index in [2.05, 4.69) is 26.8 Å². The van der Waals surface area contributed by atoms with Crippen LogP contribution in [0.1, 0.15) is 36.2 Å². The number of rotatable bonds is 5. The van der Waals surface area contributed by atoms with Crippen molar-refractivity contribution in [3.05, 3.63) is 11.6 Å². The molecule has 0 aliphatic heterocycles. The molecule has 1 aromatic heterocycles. The minimum Gasteiger partial charge on any atom is -0.348 e. The molecule has 1 aliphatic rings. The Kier molecular flexibility index (Phi) is 3.18. The van der Waals surface area contributed by atoms with Crippen molar-refractivity contribution in [2.24, 2.45) is 0 Å². The number of nitrogens with one attached hydrogen (secondary N) is 2. The van der Waals surface area contributed by atoms with E-state index in [1.165, 1.54) is 12.8 Å². The minimum atomic E-state index is -0.184. The lowest BCUT2D eigenvalue weighted by molar-refractivity contribution is 0.0943. The molecule has 0 aromatic carbocycles. The van der Waals surface area contributed by atoms with Crippen molar-refractivity contribution >= 4 is 17.7 Å². The molecule has 6 heteroatoms. The average Bonchev–Trinajstić information content (AvgIpc) is 2.94. The van der Waals surface area contributed by atoms with E-state index in [4.69, 9.17) is 0 Å². The van der Waals surface area contributed by atoms with Gasteiger partial charge in [-0.05, 0) is 19.1 Å². The molecule has 2 rings (SSSR count). The molecular weight excluding hydrogens is 224 g/mol. The number of amides is 1. The smallest absolute Gasteiger partial charge is 0.291 e. The van der Waals surface area contributed by atoms with Crippen molar-refractivity contribution in [2.75, 3.05) is 12.8 Å². The maximum Gasteiger partial charge on any atom is 0.291 e. The zero-order chi connectivity index (χ0) is 11.6. The first-order valence-electron chi connectivity index (χ1n) is 5.44. The van der Waals surface area contributed by atoms with Crippen LogP contribution in [0.15, 0.2) is 0 Å². The lowest BCUT2D eigenvalue weighted by Gasteiger charge is -2.11. The Labute approximate surface area is 98.8 Å². The average molecular weight is 240 g/mol. The van der Waals surface area contributed by atoms with E-state index in [-0.39, 0.29) is 16.5 Å². The standard InChI is InChI=1S/C10H16N4OS/c1-3-7-12-8(14-13-7)9(15)11-6-10(16-2)4-5-10/h3-6H2,1-2H3,(H,11,15)(H,12,13,14). The van der Waals surface area contributed by atoms with Gasteiger partial charge in [-0.1, -0.05) is 6.92 Å². The lowest BCUT2D eigenvalue weighted by atomic mass is 10.4. The van der Waals surface area contributed by atoms with E-state index in [0.717, 1.165) is 12.2 Å². The van der Waals surface area contributed by atoms with Gasteiger partial charge in [0.05, 0.1) is 0 Å². The van der Waals surface area contributed by atoms with Crippen molar-refractivity contribution in [2.45, 2.75) is 30.9 Å². The van der Waals surface area contributed by atoms with Gasteiger partial charge in [0.15, 0.2) is 0 Å². The number of aromatic nitrogens is 3. The van der Waals surface area contributed by atoms with Crippen LogP contribution in [-0.4, -0.2) is 38.6 Å². The molecule has 88 valence electrons. The molecule has 0 unspecified atom stereocenters. The van der Waals surface area contributed by atoms with Gasteiger partial charge in [0, 0.05) is 17.7 Å². The first-order chi connectivity index (χ1) is 7.69. The molecule has 1 amide bonds. The van der Waals surface area contributed by atoms with Crippen LogP contribution in [0, 0.1) is 0 Å². The van der Waals surface area contributed by atoms with Gasteiger partial charge in [0.1, 0.15) is 5.82 Å². The molecule has 0 radical (unpaired) electrons. The van der Waals surface area contributed by atoms with Gasteiger partial charge in [-0.2, -0.15) is 11.8 Å². The number of aromatic amines is 1. The van der Waals surface area contributed by atoms with Gasteiger partial charge >= 0.3 is 0 Å². The van der Waals surface area contributed by atoms with Crippen LogP contribution in [0.25, 0.3) is 0 Å². The van der Waals surface area contributed by atoms with Gasteiger partial charge in [-0.25, -0.2) is 4.98 Å². The van der Waals surface area contributed by atoms with Gasteiger partial charge in [-0.3, -0.25) is 9.89 Å². The predicted octanol–water partition coefficient (Wildman–Crippen LogP) is 0.992. The Balaban J connectivity index is 1.88. The SMILES string of the molecule is CCc1nc(C(=O)NCC2(SC)CC2)n[nH]1. The second kappa shape index (κ2) is 4.45. The number of carbonyl (C=O) groups excluding carboxylic acids is 1. The number of carbonyl (C=O) groups is 1. The van der Waals surface area contributed by atoms with E-state index in [0.29, 0.717) is 6.54 Å². The Bertz CT molecular complexity index is 386. The fourth-order valence-electron chi connectivity index (χ4n) is 1.47. The highest BCUT2D eigenvalue weighted by atomic mass is 32.2. The summed E-state index contributed by atoms with van der Waals surface area (Å²) in [7, 11) is 0. The van der Waals surface area contributed by atoms with Crippen molar-refractivity contribution in [1.82, 2.24) is 20.5 Å². The van der Waals surface area contributed by atoms with Crippen molar-refractivity contribution in [3.8, 4) is 0 Å². The number of hydrogen-bond donors (Lipinski definition) is 2. The van der Waals surface area contributed by atoms with Crippen molar-refractivity contribution < 1.29 is 4.79 Å². The van der Waals surface area contributed by atoms with Gasteiger partial charge < -0.3 is 5.32 Å². The zero-order valence-electron chi connectivity index (χ0n) is 9.54. The van der Waals surface area contributed by atoms with Gasteiger partial charge in [-0.15, -0.1) is 5.10 Å². The second-order valence-corrected chi connectivity index (χ2v) is 5.30. The first kappa shape index (κ1) is 11.4. The third kappa shape index (κ3) is 2.37. The summed E-state index contributed by atoms with van der Waals surface area (Å²) in [6.07, 6.45) is 5.21. The lowest BCUT2D eigenvalue weighted by Crippen LogP contribution is -2.32. The molecule has 0 spiro atoms. The van der Waals surface area contributed by atoms with Crippen LogP contribution < -0.4 is 5.32 Å². The van der Waals surface area contributed by atoms with Crippen LogP contribution in [0.4, 0.5) is 0 Å². The van der Waals surface area contributed by atoms with Crippen LogP contribution in [0.3, 0.4) is 0 Å².